The molecule has 0 radical (unpaired) electrons. The van der Waals surface area contributed by atoms with Gasteiger partial charge in [0.25, 0.3) is 0 Å². The molecule has 1 heterocycles. The maximum Gasteiger partial charge on any atom is 0.338 e. The molecule has 0 spiro atoms. The maximum atomic E-state index is 11.5. The van der Waals surface area contributed by atoms with E-state index in [1.54, 1.807) is 19.2 Å². The number of fused-ring (bicyclic) bond motifs is 1. The summed E-state index contributed by atoms with van der Waals surface area (Å²) in [5, 5.41) is 8.93. The summed E-state index contributed by atoms with van der Waals surface area (Å²) < 4.78 is 10.0. The van der Waals surface area contributed by atoms with Crippen molar-refractivity contribution in [1.82, 2.24) is 0 Å². The van der Waals surface area contributed by atoms with Crippen LogP contribution in [0.1, 0.15) is 15.9 Å². The molecule has 1 atom stereocenters. The number of carbonyl (C=O) groups excluding carboxylic acids is 1. The third-order valence-electron chi connectivity index (χ3n) is 2.46. The largest absolute Gasteiger partial charge is 0.497 e. The molecule has 1 unspecified atom stereocenters. The van der Waals surface area contributed by atoms with Crippen LogP contribution in [0.15, 0.2) is 18.2 Å². The zero-order chi connectivity index (χ0) is 10.8. The van der Waals surface area contributed by atoms with Crippen LogP contribution in [0.25, 0.3) is 0 Å². The Kier molecular flexibility index (Phi) is 2.60. The quantitative estimate of drug-likeness (QED) is 0.729. The van der Waals surface area contributed by atoms with Gasteiger partial charge in [-0.2, -0.15) is 0 Å². The monoisotopic (exact) mass is 208 g/mol. The minimum absolute atomic E-state index is 0.142. The topological polar surface area (TPSA) is 55.8 Å². The van der Waals surface area contributed by atoms with Crippen LogP contribution in [0, 0.1) is 0 Å². The van der Waals surface area contributed by atoms with Gasteiger partial charge in [0, 0.05) is 6.42 Å². The van der Waals surface area contributed by atoms with E-state index >= 15 is 0 Å². The lowest BCUT2D eigenvalue weighted by Crippen LogP contribution is -2.30. The minimum atomic E-state index is -0.418. The second kappa shape index (κ2) is 3.90. The SMILES string of the molecule is COc1ccc2c(c1)C(=O)OC(CO)C2. The fourth-order valence-corrected chi connectivity index (χ4v) is 1.65. The summed E-state index contributed by atoms with van der Waals surface area (Å²) in [5.74, 6) is 0.238. The van der Waals surface area contributed by atoms with Crippen molar-refractivity contribution in [3.8, 4) is 5.75 Å². The second-order valence-corrected chi connectivity index (χ2v) is 3.44. The maximum absolute atomic E-state index is 11.5. The molecule has 0 saturated carbocycles. The predicted molar refractivity (Wildman–Crippen MR) is 53.0 cm³/mol. The van der Waals surface area contributed by atoms with E-state index in [0.29, 0.717) is 17.7 Å². The van der Waals surface area contributed by atoms with Gasteiger partial charge < -0.3 is 14.6 Å². The van der Waals surface area contributed by atoms with Crippen LogP contribution in [0.3, 0.4) is 0 Å². The van der Waals surface area contributed by atoms with Crippen molar-refractivity contribution >= 4 is 5.97 Å². The first-order valence-electron chi connectivity index (χ1n) is 4.73. The lowest BCUT2D eigenvalue weighted by Gasteiger charge is -2.23. The summed E-state index contributed by atoms with van der Waals surface area (Å²) in [6.07, 6.45) is 0.139. The molecule has 1 aromatic rings. The molecule has 15 heavy (non-hydrogen) atoms. The van der Waals surface area contributed by atoms with Gasteiger partial charge >= 0.3 is 5.97 Å². The number of cyclic esters (lactones) is 1. The van der Waals surface area contributed by atoms with Crippen molar-refractivity contribution in [2.24, 2.45) is 0 Å². The van der Waals surface area contributed by atoms with Gasteiger partial charge in [0.1, 0.15) is 11.9 Å². The number of ether oxygens (including phenoxy) is 2. The molecule has 2 rings (SSSR count). The molecule has 0 aromatic heterocycles. The number of benzene rings is 1. The third kappa shape index (κ3) is 1.80. The predicted octanol–water partition coefficient (Wildman–Crippen LogP) is 0.769. The van der Waals surface area contributed by atoms with Crippen molar-refractivity contribution in [2.45, 2.75) is 12.5 Å². The number of methoxy groups -OCH3 is 1. The Bertz CT molecular complexity index is 386. The molecular weight excluding hydrogens is 196 g/mol. The molecular formula is C11H12O4. The summed E-state index contributed by atoms with van der Waals surface area (Å²) in [6.45, 7) is -0.142. The van der Waals surface area contributed by atoms with Crippen LogP contribution in [-0.4, -0.2) is 30.9 Å². The first-order valence-corrected chi connectivity index (χ1v) is 4.73. The fourth-order valence-electron chi connectivity index (χ4n) is 1.65. The van der Waals surface area contributed by atoms with Crippen LogP contribution in [0.5, 0.6) is 5.75 Å². The van der Waals surface area contributed by atoms with Crippen molar-refractivity contribution in [3.63, 3.8) is 0 Å². The molecule has 0 fully saturated rings. The molecule has 0 bridgehead atoms. The summed E-state index contributed by atoms with van der Waals surface area (Å²) in [5.41, 5.74) is 1.42. The zero-order valence-electron chi connectivity index (χ0n) is 8.40. The van der Waals surface area contributed by atoms with Gasteiger partial charge in [0.2, 0.25) is 0 Å². The molecule has 80 valence electrons. The molecule has 0 amide bonds. The van der Waals surface area contributed by atoms with Crippen LogP contribution in [0.4, 0.5) is 0 Å². The van der Waals surface area contributed by atoms with E-state index < -0.39 is 12.1 Å². The summed E-state index contributed by atoms with van der Waals surface area (Å²) in [4.78, 5) is 11.5. The Morgan fingerprint density at radius 3 is 3.07 bits per heavy atom. The van der Waals surface area contributed by atoms with Crippen molar-refractivity contribution < 1.29 is 19.4 Å². The number of esters is 1. The lowest BCUT2D eigenvalue weighted by molar-refractivity contribution is 0.00934. The number of aliphatic hydroxyl groups is 1. The molecule has 4 nitrogen and oxygen atoms in total. The highest BCUT2D eigenvalue weighted by molar-refractivity contribution is 5.92. The number of carbonyl (C=O) groups is 1. The van der Waals surface area contributed by atoms with E-state index in [9.17, 15) is 4.79 Å². The Labute approximate surface area is 87.4 Å². The first kappa shape index (κ1) is 9.98. The highest BCUT2D eigenvalue weighted by atomic mass is 16.6. The highest BCUT2D eigenvalue weighted by Gasteiger charge is 2.25. The van der Waals surface area contributed by atoms with Gasteiger partial charge in [-0.15, -0.1) is 0 Å². The van der Waals surface area contributed by atoms with Crippen LogP contribution >= 0.6 is 0 Å². The van der Waals surface area contributed by atoms with Gasteiger partial charge in [-0.1, -0.05) is 6.07 Å². The standard InChI is InChI=1S/C11H12O4/c1-14-8-3-2-7-4-9(6-12)15-11(13)10(7)5-8/h2-3,5,9,12H,4,6H2,1H3. The molecule has 1 N–H and O–H groups in total. The molecule has 1 aliphatic rings. The van der Waals surface area contributed by atoms with Crippen molar-refractivity contribution in [2.75, 3.05) is 13.7 Å². The van der Waals surface area contributed by atoms with Crippen molar-refractivity contribution in [3.05, 3.63) is 29.3 Å². The Morgan fingerprint density at radius 1 is 1.60 bits per heavy atom. The van der Waals surface area contributed by atoms with E-state index in [1.165, 1.54) is 0 Å². The second-order valence-electron chi connectivity index (χ2n) is 3.44. The van der Waals surface area contributed by atoms with Crippen molar-refractivity contribution in [1.29, 1.82) is 0 Å². The average molecular weight is 208 g/mol. The smallest absolute Gasteiger partial charge is 0.338 e. The summed E-state index contributed by atoms with van der Waals surface area (Å²) in [6, 6.07) is 5.29. The van der Waals surface area contributed by atoms with E-state index in [-0.39, 0.29) is 6.61 Å². The molecule has 4 heteroatoms. The molecule has 1 aromatic carbocycles. The summed E-state index contributed by atoms with van der Waals surface area (Å²) >= 11 is 0. The Morgan fingerprint density at radius 2 is 2.40 bits per heavy atom. The number of rotatable bonds is 2. The lowest BCUT2D eigenvalue weighted by atomic mass is 9.98. The van der Waals surface area contributed by atoms with E-state index in [0.717, 1.165) is 5.56 Å². The van der Waals surface area contributed by atoms with E-state index in [2.05, 4.69) is 0 Å². The molecule has 0 aliphatic carbocycles. The molecule has 0 saturated heterocycles. The molecule has 1 aliphatic heterocycles. The van der Waals surface area contributed by atoms with Gasteiger partial charge in [-0.05, 0) is 17.7 Å². The number of hydrogen-bond acceptors (Lipinski definition) is 4. The van der Waals surface area contributed by atoms with Gasteiger partial charge in [-0.3, -0.25) is 0 Å². The minimum Gasteiger partial charge on any atom is -0.497 e. The Balaban J connectivity index is 2.37. The van der Waals surface area contributed by atoms with E-state index in [1.807, 2.05) is 6.07 Å². The van der Waals surface area contributed by atoms with Crippen LogP contribution < -0.4 is 4.74 Å². The Hall–Kier alpha value is -1.55. The van der Waals surface area contributed by atoms with Crippen LogP contribution in [0.2, 0.25) is 0 Å². The number of hydrogen-bond donors (Lipinski definition) is 1. The average Bonchev–Trinajstić information content (AvgIpc) is 2.28. The van der Waals surface area contributed by atoms with Gasteiger partial charge in [-0.25, -0.2) is 4.79 Å². The highest BCUT2D eigenvalue weighted by Crippen LogP contribution is 2.24. The summed E-state index contributed by atoms with van der Waals surface area (Å²) in [7, 11) is 1.55. The van der Waals surface area contributed by atoms with Gasteiger partial charge in [0.05, 0.1) is 19.3 Å². The van der Waals surface area contributed by atoms with Gasteiger partial charge in [0.15, 0.2) is 0 Å². The number of aliphatic hydroxyl groups excluding tert-OH is 1. The van der Waals surface area contributed by atoms with Crippen LogP contribution in [-0.2, 0) is 11.2 Å². The fraction of sp³-hybridized carbons (Fsp3) is 0.364. The zero-order valence-corrected chi connectivity index (χ0v) is 8.40. The third-order valence-corrected chi connectivity index (χ3v) is 2.46. The first-order chi connectivity index (χ1) is 7.24. The normalized spacial score (nSPS) is 19.3. The van der Waals surface area contributed by atoms with E-state index in [4.69, 9.17) is 14.6 Å².